The molecule has 1 aromatic heterocycles. The van der Waals surface area contributed by atoms with Crippen molar-refractivity contribution in [2.24, 2.45) is 0 Å². The fourth-order valence-corrected chi connectivity index (χ4v) is 3.48. The van der Waals surface area contributed by atoms with Gasteiger partial charge >= 0.3 is 0 Å². The van der Waals surface area contributed by atoms with Gasteiger partial charge in [0.1, 0.15) is 23.9 Å². The Labute approximate surface area is 185 Å². The Morgan fingerprint density at radius 2 is 2.03 bits per heavy atom. The molecule has 0 saturated carbocycles. The predicted octanol–water partition coefficient (Wildman–Crippen LogP) is 5.42. The van der Waals surface area contributed by atoms with Crippen molar-refractivity contribution in [1.82, 2.24) is 14.9 Å². The zero-order valence-corrected chi connectivity index (χ0v) is 18.4. The molecule has 0 fully saturated rings. The number of halogens is 3. The second kappa shape index (κ2) is 10.1. The van der Waals surface area contributed by atoms with Gasteiger partial charge in [-0.1, -0.05) is 11.6 Å². The lowest BCUT2D eigenvalue weighted by atomic mass is 10.2. The van der Waals surface area contributed by atoms with Crippen molar-refractivity contribution >= 4 is 40.1 Å². The van der Waals surface area contributed by atoms with Crippen molar-refractivity contribution in [3.8, 4) is 17.1 Å². The van der Waals surface area contributed by atoms with E-state index in [0.29, 0.717) is 35.1 Å². The van der Waals surface area contributed by atoms with E-state index in [9.17, 15) is 9.18 Å². The Morgan fingerprint density at radius 3 is 2.73 bits per heavy atom. The van der Waals surface area contributed by atoms with Gasteiger partial charge in [0.2, 0.25) is 5.91 Å². The summed E-state index contributed by atoms with van der Waals surface area (Å²) in [7, 11) is 0. The molecule has 1 amide bonds. The van der Waals surface area contributed by atoms with Gasteiger partial charge in [-0.05, 0) is 57.0 Å². The molecule has 3 rings (SSSR count). The number of benzene rings is 2. The molecule has 0 aliphatic rings. The molecule has 8 heteroatoms. The van der Waals surface area contributed by atoms with Gasteiger partial charge in [-0.2, -0.15) is 0 Å². The number of hydrogen-bond donors (Lipinski definition) is 1. The normalized spacial score (nSPS) is 11.3. The van der Waals surface area contributed by atoms with Crippen molar-refractivity contribution < 1.29 is 13.9 Å². The number of carbonyl (C=O) groups excluding carboxylic acids is 1. The minimum Gasteiger partial charge on any atom is -0.494 e. The molecule has 1 heterocycles. The fraction of sp³-hybridized carbons (Fsp3) is 0.364. The summed E-state index contributed by atoms with van der Waals surface area (Å²) < 4.78 is 21.2. The number of hydrogen-bond acceptors (Lipinski definition) is 3. The van der Waals surface area contributed by atoms with Gasteiger partial charge in [0, 0.05) is 23.6 Å². The molecule has 3 aromatic rings. The first-order valence-corrected chi connectivity index (χ1v) is 10.7. The molecule has 0 aliphatic heterocycles. The van der Waals surface area contributed by atoms with Crippen LogP contribution in [-0.2, 0) is 11.3 Å². The van der Waals surface area contributed by atoms with E-state index in [-0.39, 0.29) is 23.5 Å². The highest BCUT2D eigenvalue weighted by atomic mass is 35.5. The topological polar surface area (TPSA) is 56.2 Å². The van der Waals surface area contributed by atoms with E-state index < -0.39 is 5.82 Å². The standard InChI is InChI=1S/C22H24Cl2FN3O2/c1-14(2)26-21(29)13-28-20-8-6-16(30-10-4-3-9-23)12-19(20)27-22(28)15-5-7-18(25)17(24)11-15/h5-8,11-12,14H,3-4,9-10,13H2,1-2H3,(H,26,29). The van der Waals surface area contributed by atoms with Crippen LogP contribution < -0.4 is 10.1 Å². The summed E-state index contributed by atoms with van der Waals surface area (Å²) in [6.07, 6.45) is 1.75. The van der Waals surface area contributed by atoms with Crippen LogP contribution in [0.2, 0.25) is 5.02 Å². The number of nitrogens with zero attached hydrogens (tertiary/aromatic N) is 2. The molecule has 0 aliphatic carbocycles. The monoisotopic (exact) mass is 451 g/mol. The van der Waals surface area contributed by atoms with Crippen LogP contribution >= 0.6 is 23.2 Å². The van der Waals surface area contributed by atoms with Gasteiger partial charge in [-0.25, -0.2) is 9.37 Å². The zero-order chi connectivity index (χ0) is 21.7. The average molecular weight is 452 g/mol. The van der Waals surface area contributed by atoms with E-state index in [2.05, 4.69) is 5.32 Å². The van der Waals surface area contributed by atoms with Crippen LogP contribution in [-0.4, -0.2) is 34.0 Å². The third-order valence-corrected chi connectivity index (χ3v) is 5.00. The van der Waals surface area contributed by atoms with E-state index >= 15 is 0 Å². The number of aromatic nitrogens is 2. The third-order valence-electron chi connectivity index (χ3n) is 4.45. The molecule has 1 N–H and O–H groups in total. The summed E-state index contributed by atoms with van der Waals surface area (Å²) in [6, 6.07) is 9.98. The highest BCUT2D eigenvalue weighted by Gasteiger charge is 2.17. The molecule has 0 radical (unpaired) electrons. The Hall–Kier alpha value is -2.31. The van der Waals surface area contributed by atoms with Crippen molar-refractivity contribution in [3.05, 3.63) is 47.2 Å². The summed E-state index contributed by atoms with van der Waals surface area (Å²) in [5, 5.41) is 2.89. The van der Waals surface area contributed by atoms with E-state index in [4.69, 9.17) is 32.9 Å². The quantitative estimate of drug-likeness (QED) is 0.349. The summed E-state index contributed by atoms with van der Waals surface area (Å²) in [5.74, 6) is 1.19. The molecular weight excluding hydrogens is 428 g/mol. The lowest BCUT2D eigenvalue weighted by molar-refractivity contribution is -0.122. The first kappa shape index (κ1) is 22.4. The van der Waals surface area contributed by atoms with Crippen molar-refractivity contribution in [2.75, 3.05) is 12.5 Å². The number of unbranched alkanes of at least 4 members (excludes halogenated alkanes) is 1. The van der Waals surface area contributed by atoms with Crippen molar-refractivity contribution in [3.63, 3.8) is 0 Å². The van der Waals surface area contributed by atoms with E-state index in [1.54, 1.807) is 10.6 Å². The number of alkyl halides is 1. The molecule has 0 unspecified atom stereocenters. The maximum absolute atomic E-state index is 13.7. The first-order valence-electron chi connectivity index (χ1n) is 9.83. The predicted molar refractivity (Wildman–Crippen MR) is 119 cm³/mol. The largest absolute Gasteiger partial charge is 0.494 e. The minimum atomic E-state index is -0.506. The second-order valence-electron chi connectivity index (χ2n) is 7.27. The highest BCUT2D eigenvalue weighted by Crippen LogP contribution is 2.30. The van der Waals surface area contributed by atoms with E-state index in [0.717, 1.165) is 18.4 Å². The molecule has 0 saturated heterocycles. The molecule has 0 spiro atoms. The lowest BCUT2D eigenvalue weighted by Crippen LogP contribution is -2.33. The minimum absolute atomic E-state index is 0.000974. The molecule has 160 valence electrons. The van der Waals surface area contributed by atoms with E-state index in [1.165, 1.54) is 12.1 Å². The Morgan fingerprint density at radius 1 is 1.23 bits per heavy atom. The lowest BCUT2D eigenvalue weighted by Gasteiger charge is -2.12. The number of carbonyl (C=O) groups is 1. The Kier molecular flexibility index (Phi) is 7.56. The average Bonchev–Trinajstić information content (AvgIpc) is 3.04. The van der Waals surface area contributed by atoms with Crippen LogP contribution in [0, 0.1) is 5.82 Å². The number of amides is 1. The van der Waals surface area contributed by atoms with Crippen LogP contribution in [0.5, 0.6) is 5.75 Å². The number of nitrogens with one attached hydrogen (secondary N) is 1. The molecule has 2 aromatic carbocycles. The maximum Gasteiger partial charge on any atom is 0.240 e. The number of fused-ring (bicyclic) bond motifs is 1. The van der Waals surface area contributed by atoms with Crippen LogP contribution in [0.25, 0.3) is 22.4 Å². The summed E-state index contributed by atoms with van der Waals surface area (Å²) in [6.45, 7) is 4.45. The first-order chi connectivity index (χ1) is 14.4. The van der Waals surface area contributed by atoms with Gasteiger partial charge in [0.15, 0.2) is 0 Å². The molecule has 0 bridgehead atoms. The summed E-state index contributed by atoms with van der Waals surface area (Å²) in [5.41, 5.74) is 2.08. The molecule has 30 heavy (non-hydrogen) atoms. The third kappa shape index (κ3) is 5.43. The number of ether oxygens (including phenoxy) is 1. The molecule has 5 nitrogen and oxygen atoms in total. The number of imidazole rings is 1. The van der Waals surface area contributed by atoms with E-state index in [1.807, 2.05) is 32.0 Å². The van der Waals surface area contributed by atoms with Crippen LogP contribution in [0.4, 0.5) is 4.39 Å². The van der Waals surface area contributed by atoms with Gasteiger partial charge in [-0.3, -0.25) is 4.79 Å². The van der Waals surface area contributed by atoms with Gasteiger partial charge in [-0.15, -0.1) is 11.6 Å². The van der Waals surface area contributed by atoms with Gasteiger partial charge < -0.3 is 14.6 Å². The Bertz CT molecular complexity index is 1040. The fourth-order valence-electron chi connectivity index (χ4n) is 3.11. The SMILES string of the molecule is CC(C)NC(=O)Cn1c(-c2ccc(F)c(Cl)c2)nc2cc(OCCCCCl)ccc21. The Balaban J connectivity index is 1.99. The smallest absolute Gasteiger partial charge is 0.240 e. The number of rotatable bonds is 9. The summed E-state index contributed by atoms with van der Waals surface area (Å²) in [4.78, 5) is 17.1. The van der Waals surface area contributed by atoms with Crippen LogP contribution in [0.1, 0.15) is 26.7 Å². The van der Waals surface area contributed by atoms with Crippen LogP contribution in [0.15, 0.2) is 36.4 Å². The molecule has 0 atom stereocenters. The molecular formula is C22H24Cl2FN3O2. The maximum atomic E-state index is 13.7. The van der Waals surface area contributed by atoms with Gasteiger partial charge in [0.25, 0.3) is 0 Å². The zero-order valence-electron chi connectivity index (χ0n) is 16.9. The summed E-state index contributed by atoms with van der Waals surface area (Å²) >= 11 is 11.7. The van der Waals surface area contributed by atoms with Crippen molar-refractivity contribution in [1.29, 1.82) is 0 Å². The van der Waals surface area contributed by atoms with Gasteiger partial charge in [0.05, 0.1) is 22.7 Å². The van der Waals surface area contributed by atoms with Crippen molar-refractivity contribution in [2.45, 2.75) is 39.3 Å². The van der Waals surface area contributed by atoms with Crippen LogP contribution in [0.3, 0.4) is 0 Å². The highest BCUT2D eigenvalue weighted by molar-refractivity contribution is 6.31. The second-order valence-corrected chi connectivity index (χ2v) is 8.05.